The number of carbonyl (C=O) groups is 1. The van der Waals surface area contributed by atoms with Gasteiger partial charge in [-0.25, -0.2) is 0 Å². The molecule has 0 saturated carbocycles. The summed E-state index contributed by atoms with van der Waals surface area (Å²) < 4.78 is 5.71. The first-order chi connectivity index (χ1) is 14.2. The van der Waals surface area contributed by atoms with Crippen molar-refractivity contribution < 1.29 is 9.21 Å². The number of guanidine groups is 1. The third-order valence-corrected chi connectivity index (χ3v) is 6.14. The maximum absolute atomic E-state index is 12.5. The molecule has 0 radical (unpaired) electrons. The number of furan rings is 1. The fraction of sp³-hybridized carbons (Fsp3) is 0.727. The lowest BCUT2D eigenvalue weighted by Crippen LogP contribution is -2.46. The van der Waals surface area contributed by atoms with Gasteiger partial charge < -0.3 is 20.0 Å². The van der Waals surface area contributed by atoms with Crippen molar-refractivity contribution in [2.45, 2.75) is 64.0 Å². The second-order valence-corrected chi connectivity index (χ2v) is 8.19. The quantitative estimate of drug-likeness (QED) is 0.321. The van der Waals surface area contributed by atoms with Crippen LogP contribution in [0.2, 0.25) is 0 Å². The number of nitrogens with zero attached hydrogens (tertiary/aromatic N) is 3. The monoisotopic (exact) mass is 531 g/mol. The maximum Gasteiger partial charge on any atom is 0.224 e. The zero-order valence-corrected chi connectivity index (χ0v) is 20.8. The van der Waals surface area contributed by atoms with Crippen molar-refractivity contribution >= 4 is 35.8 Å². The smallest absolute Gasteiger partial charge is 0.224 e. The van der Waals surface area contributed by atoms with Gasteiger partial charge in [-0.2, -0.15) is 0 Å². The first-order valence-electron chi connectivity index (χ1n) is 11.2. The number of aliphatic imine (C=N–C) groups is 1. The number of piperidine rings is 2. The Hall–Kier alpha value is -1.29. The summed E-state index contributed by atoms with van der Waals surface area (Å²) in [5.74, 6) is 1.96. The molecule has 1 aromatic heterocycles. The molecule has 2 unspecified atom stereocenters. The molecule has 2 atom stereocenters. The van der Waals surface area contributed by atoms with Crippen molar-refractivity contribution in [3.05, 3.63) is 24.2 Å². The maximum atomic E-state index is 12.5. The average Bonchev–Trinajstić information content (AvgIpc) is 3.28. The van der Waals surface area contributed by atoms with Gasteiger partial charge in [-0.05, 0) is 64.3 Å². The number of halogens is 1. The van der Waals surface area contributed by atoms with Crippen LogP contribution in [0.4, 0.5) is 0 Å². The molecule has 8 heteroatoms. The summed E-state index contributed by atoms with van der Waals surface area (Å²) in [6, 6.07) is 4.56. The number of hydrogen-bond donors (Lipinski definition) is 2. The molecular weight excluding hydrogens is 493 g/mol. The van der Waals surface area contributed by atoms with Crippen LogP contribution in [0.5, 0.6) is 0 Å². The van der Waals surface area contributed by atoms with Gasteiger partial charge in [0.15, 0.2) is 5.96 Å². The molecule has 1 aromatic rings. The minimum Gasteiger partial charge on any atom is -0.468 e. The fourth-order valence-corrected chi connectivity index (χ4v) is 4.43. The Kier molecular flexibility index (Phi) is 11.0. The molecule has 2 aliphatic heterocycles. The van der Waals surface area contributed by atoms with Crippen LogP contribution in [0, 0.1) is 0 Å². The first kappa shape index (κ1) is 25.0. The lowest BCUT2D eigenvalue weighted by atomic mass is 10.0. The van der Waals surface area contributed by atoms with E-state index in [1.165, 1.54) is 25.7 Å². The van der Waals surface area contributed by atoms with Gasteiger partial charge in [-0.1, -0.05) is 6.42 Å². The normalized spacial score (nSPS) is 21.6. The molecule has 3 rings (SSSR count). The highest BCUT2D eigenvalue weighted by Gasteiger charge is 2.25. The van der Waals surface area contributed by atoms with E-state index >= 15 is 0 Å². The molecule has 2 fully saturated rings. The fourth-order valence-electron chi connectivity index (χ4n) is 4.43. The van der Waals surface area contributed by atoms with Crippen molar-refractivity contribution in [3.63, 3.8) is 0 Å². The van der Waals surface area contributed by atoms with Gasteiger partial charge in [0.25, 0.3) is 0 Å². The average molecular weight is 531 g/mol. The standard InChI is InChI=1S/C22H37N5O2.HI/c1-18-9-4-7-15-27(18)21(28)11-12-24-22(23-2)25-17-19(20-10-8-16-29-20)26-13-5-3-6-14-26;/h8,10,16,18-19H,3-7,9,11-15,17H2,1-2H3,(H2,23,24,25);1H. The summed E-state index contributed by atoms with van der Waals surface area (Å²) >= 11 is 0. The largest absolute Gasteiger partial charge is 0.468 e. The Labute approximate surface area is 198 Å². The predicted octanol–water partition coefficient (Wildman–Crippen LogP) is 3.38. The van der Waals surface area contributed by atoms with Crippen LogP contribution in [-0.4, -0.2) is 67.5 Å². The number of nitrogens with one attached hydrogen (secondary N) is 2. The van der Waals surface area contributed by atoms with Crippen LogP contribution in [0.15, 0.2) is 27.8 Å². The zero-order valence-electron chi connectivity index (χ0n) is 18.4. The highest BCUT2D eigenvalue weighted by atomic mass is 127. The molecule has 0 aromatic carbocycles. The highest BCUT2D eigenvalue weighted by Crippen LogP contribution is 2.24. The Morgan fingerprint density at radius 1 is 1.20 bits per heavy atom. The van der Waals surface area contributed by atoms with Crippen LogP contribution >= 0.6 is 24.0 Å². The number of hydrogen-bond acceptors (Lipinski definition) is 4. The lowest BCUT2D eigenvalue weighted by molar-refractivity contribution is -0.134. The van der Waals surface area contributed by atoms with Crippen molar-refractivity contribution in [2.24, 2.45) is 4.99 Å². The molecule has 3 heterocycles. The molecule has 30 heavy (non-hydrogen) atoms. The molecule has 0 spiro atoms. The van der Waals surface area contributed by atoms with Crippen LogP contribution < -0.4 is 10.6 Å². The van der Waals surface area contributed by atoms with E-state index in [0.717, 1.165) is 50.7 Å². The summed E-state index contributed by atoms with van der Waals surface area (Å²) in [6.07, 6.45) is 9.49. The predicted molar refractivity (Wildman–Crippen MR) is 131 cm³/mol. The van der Waals surface area contributed by atoms with Crippen molar-refractivity contribution in [2.75, 3.05) is 39.8 Å². The van der Waals surface area contributed by atoms with Gasteiger partial charge in [0.1, 0.15) is 5.76 Å². The Morgan fingerprint density at radius 2 is 1.97 bits per heavy atom. The topological polar surface area (TPSA) is 73.1 Å². The lowest BCUT2D eigenvalue weighted by Gasteiger charge is -2.34. The summed E-state index contributed by atoms with van der Waals surface area (Å²) in [7, 11) is 1.77. The summed E-state index contributed by atoms with van der Waals surface area (Å²) in [4.78, 5) is 21.4. The molecule has 2 aliphatic rings. The third-order valence-electron chi connectivity index (χ3n) is 6.14. The number of likely N-dealkylation sites (tertiary alicyclic amines) is 2. The van der Waals surface area contributed by atoms with Crippen molar-refractivity contribution in [1.29, 1.82) is 0 Å². The molecule has 0 bridgehead atoms. The van der Waals surface area contributed by atoms with Crippen LogP contribution in [0.1, 0.15) is 63.7 Å². The van der Waals surface area contributed by atoms with Crippen molar-refractivity contribution in [1.82, 2.24) is 20.4 Å². The molecule has 7 nitrogen and oxygen atoms in total. The van der Waals surface area contributed by atoms with Gasteiger partial charge in [-0.15, -0.1) is 24.0 Å². The number of carbonyl (C=O) groups excluding carboxylic acids is 1. The Balaban J connectivity index is 0.00000320. The first-order valence-corrected chi connectivity index (χ1v) is 11.2. The second kappa shape index (κ2) is 13.2. The van der Waals surface area contributed by atoms with Gasteiger partial charge >= 0.3 is 0 Å². The highest BCUT2D eigenvalue weighted by molar-refractivity contribution is 14.0. The van der Waals surface area contributed by atoms with E-state index in [1.807, 2.05) is 11.0 Å². The van der Waals surface area contributed by atoms with Gasteiger partial charge in [-0.3, -0.25) is 14.7 Å². The minimum absolute atomic E-state index is 0. The summed E-state index contributed by atoms with van der Waals surface area (Å²) in [6.45, 7) is 6.57. The molecule has 170 valence electrons. The Morgan fingerprint density at radius 3 is 2.63 bits per heavy atom. The molecule has 1 amide bonds. The van der Waals surface area contributed by atoms with E-state index in [4.69, 9.17) is 4.42 Å². The van der Waals surface area contributed by atoms with E-state index in [2.05, 4.69) is 33.5 Å². The van der Waals surface area contributed by atoms with Crippen LogP contribution in [0.25, 0.3) is 0 Å². The number of rotatable bonds is 7. The van der Waals surface area contributed by atoms with E-state index < -0.39 is 0 Å². The van der Waals surface area contributed by atoms with E-state index in [-0.39, 0.29) is 35.9 Å². The number of amides is 1. The Bertz CT molecular complexity index is 646. The SMILES string of the molecule is CN=C(NCCC(=O)N1CCCCC1C)NCC(c1ccco1)N1CCCCC1.I. The minimum atomic E-state index is 0. The van der Waals surface area contributed by atoms with Crippen molar-refractivity contribution in [3.8, 4) is 0 Å². The summed E-state index contributed by atoms with van der Waals surface area (Å²) in [5, 5.41) is 6.73. The van der Waals surface area contributed by atoms with E-state index in [0.29, 0.717) is 19.0 Å². The third kappa shape index (κ3) is 7.14. The van der Waals surface area contributed by atoms with Gasteiger partial charge in [0, 0.05) is 39.1 Å². The van der Waals surface area contributed by atoms with E-state index in [9.17, 15) is 4.79 Å². The molecule has 2 saturated heterocycles. The summed E-state index contributed by atoms with van der Waals surface area (Å²) in [5.41, 5.74) is 0. The van der Waals surface area contributed by atoms with Crippen LogP contribution in [0.3, 0.4) is 0 Å². The molecule has 0 aliphatic carbocycles. The van der Waals surface area contributed by atoms with Gasteiger partial charge in [0.05, 0.1) is 12.3 Å². The zero-order chi connectivity index (χ0) is 20.5. The van der Waals surface area contributed by atoms with Crippen LogP contribution in [-0.2, 0) is 4.79 Å². The molecule has 2 N–H and O–H groups in total. The molecular formula is C22H38IN5O2. The van der Waals surface area contributed by atoms with Gasteiger partial charge in [0.2, 0.25) is 5.91 Å². The second-order valence-electron chi connectivity index (χ2n) is 8.19. The van der Waals surface area contributed by atoms with E-state index in [1.54, 1.807) is 13.3 Å².